The Bertz CT molecular complexity index is 1050. The number of esters is 1. The average Bonchev–Trinajstić information content (AvgIpc) is 2.76. The highest BCUT2D eigenvalue weighted by atomic mass is 19.1. The maximum Gasteiger partial charge on any atom is 0.340 e. The molecule has 1 atom stereocenters. The van der Waals surface area contributed by atoms with Crippen LogP contribution in [0.5, 0.6) is 5.75 Å². The standard InChI is InChI=1S/C23H19F2NO4/c1-14(30-17-10-8-16(9-11-17)15-6-4-3-5-7-15)22(27)26-21-12-18(23(28)29-2)19(24)13-20(21)25/h3-14H,1-2H3,(H,26,27). The molecule has 0 aliphatic rings. The van der Waals surface area contributed by atoms with Gasteiger partial charge in [-0.15, -0.1) is 0 Å². The van der Waals surface area contributed by atoms with Crippen LogP contribution in [0, 0.1) is 11.6 Å². The minimum atomic E-state index is -1.08. The Balaban J connectivity index is 1.69. The summed E-state index contributed by atoms with van der Waals surface area (Å²) in [6.07, 6.45) is -0.974. The molecule has 0 spiro atoms. The van der Waals surface area contributed by atoms with Crippen molar-refractivity contribution in [3.8, 4) is 16.9 Å². The van der Waals surface area contributed by atoms with E-state index in [4.69, 9.17) is 4.74 Å². The summed E-state index contributed by atoms with van der Waals surface area (Å²) in [6.45, 7) is 1.49. The molecule has 3 aromatic rings. The minimum Gasteiger partial charge on any atom is -0.481 e. The first kappa shape index (κ1) is 21.0. The third-order valence-electron chi connectivity index (χ3n) is 4.36. The van der Waals surface area contributed by atoms with Gasteiger partial charge in [-0.05, 0) is 36.2 Å². The molecular weight excluding hydrogens is 392 g/mol. The lowest BCUT2D eigenvalue weighted by atomic mass is 10.1. The van der Waals surface area contributed by atoms with Crippen molar-refractivity contribution in [1.29, 1.82) is 0 Å². The van der Waals surface area contributed by atoms with Crippen LogP contribution in [0.3, 0.4) is 0 Å². The Kier molecular flexibility index (Phi) is 6.41. The molecular formula is C23H19F2NO4. The summed E-state index contributed by atoms with van der Waals surface area (Å²) in [7, 11) is 1.07. The quantitative estimate of drug-likeness (QED) is 0.591. The molecule has 1 N–H and O–H groups in total. The number of hydrogen-bond donors (Lipinski definition) is 1. The van der Waals surface area contributed by atoms with Gasteiger partial charge in [-0.3, -0.25) is 4.79 Å². The van der Waals surface area contributed by atoms with Gasteiger partial charge in [0.05, 0.1) is 18.4 Å². The van der Waals surface area contributed by atoms with Crippen LogP contribution >= 0.6 is 0 Å². The van der Waals surface area contributed by atoms with E-state index in [2.05, 4.69) is 10.1 Å². The molecule has 1 amide bonds. The Morgan fingerprint density at radius 2 is 1.53 bits per heavy atom. The van der Waals surface area contributed by atoms with Crippen LogP contribution in [0.25, 0.3) is 11.1 Å². The summed E-state index contributed by atoms with van der Waals surface area (Å²) in [5, 5.41) is 2.30. The highest BCUT2D eigenvalue weighted by Gasteiger charge is 2.21. The van der Waals surface area contributed by atoms with Gasteiger partial charge in [0.15, 0.2) is 6.10 Å². The van der Waals surface area contributed by atoms with Gasteiger partial charge in [-0.2, -0.15) is 0 Å². The van der Waals surface area contributed by atoms with E-state index < -0.39 is 35.2 Å². The second-order valence-electron chi connectivity index (χ2n) is 6.44. The molecule has 0 aliphatic carbocycles. The summed E-state index contributed by atoms with van der Waals surface area (Å²) < 4.78 is 37.8. The number of carbonyl (C=O) groups excluding carboxylic acids is 2. The normalized spacial score (nSPS) is 11.5. The molecule has 0 heterocycles. The minimum absolute atomic E-state index is 0.350. The summed E-state index contributed by atoms with van der Waals surface area (Å²) in [5.74, 6) is -3.30. The molecule has 0 saturated heterocycles. The van der Waals surface area contributed by atoms with Crippen molar-refractivity contribution in [3.05, 3.63) is 83.9 Å². The van der Waals surface area contributed by atoms with Crippen molar-refractivity contribution in [2.45, 2.75) is 13.0 Å². The Hall–Kier alpha value is -3.74. The van der Waals surface area contributed by atoms with E-state index in [1.54, 1.807) is 12.1 Å². The fraction of sp³-hybridized carbons (Fsp3) is 0.130. The first-order valence-electron chi connectivity index (χ1n) is 9.09. The first-order valence-corrected chi connectivity index (χ1v) is 9.09. The van der Waals surface area contributed by atoms with Crippen molar-refractivity contribution in [2.75, 3.05) is 12.4 Å². The zero-order valence-electron chi connectivity index (χ0n) is 16.3. The molecule has 0 aliphatic heterocycles. The summed E-state index contributed by atoms with van der Waals surface area (Å²) >= 11 is 0. The number of ether oxygens (including phenoxy) is 2. The third kappa shape index (κ3) is 4.81. The van der Waals surface area contributed by atoms with Crippen molar-refractivity contribution in [1.82, 2.24) is 0 Å². The molecule has 0 radical (unpaired) electrons. The lowest BCUT2D eigenvalue weighted by molar-refractivity contribution is -0.122. The Morgan fingerprint density at radius 3 is 2.17 bits per heavy atom. The first-order chi connectivity index (χ1) is 14.4. The second kappa shape index (κ2) is 9.17. The van der Waals surface area contributed by atoms with E-state index in [1.807, 2.05) is 42.5 Å². The fourth-order valence-electron chi connectivity index (χ4n) is 2.76. The average molecular weight is 411 g/mol. The van der Waals surface area contributed by atoms with Gasteiger partial charge in [0.1, 0.15) is 17.4 Å². The van der Waals surface area contributed by atoms with Crippen LogP contribution in [-0.4, -0.2) is 25.1 Å². The van der Waals surface area contributed by atoms with Crippen LogP contribution in [0.2, 0.25) is 0 Å². The molecule has 1 unspecified atom stereocenters. The van der Waals surface area contributed by atoms with Crippen molar-refractivity contribution in [2.24, 2.45) is 0 Å². The molecule has 154 valence electrons. The Morgan fingerprint density at radius 1 is 0.900 bits per heavy atom. The number of halogens is 2. The molecule has 5 nitrogen and oxygen atoms in total. The van der Waals surface area contributed by atoms with Crippen LogP contribution in [0.4, 0.5) is 14.5 Å². The van der Waals surface area contributed by atoms with E-state index in [0.29, 0.717) is 11.8 Å². The van der Waals surface area contributed by atoms with E-state index >= 15 is 0 Å². The number of rotatable bonds is 6. The SMILES string of the molecule is COC(=O)c1cc(NC(=O)C(C)Oc2ccc(-c3ccccc3)cc2)c(F)cc1F. The number of nitrogens with one attached hydrogen (secondary N) is 1. The molecule has 0 fully saturated rings. The van der Waals surface area contributed by atoms with E-state index in [9.17, 15) is 18.4 Å². The molecule has 0 aromatic heterocycles. The number of methoxy groups -OCH3 is 1. The molecule has 30 heavy (non-hydrogen) atoms. The van der Waals surface area contributed by atoms with Gasteiger partial charge in [0, 0.05) is 6.07 Å². The summed E-state index contributed by atoms with van der Waals surface area (Å²) in [6, 6.07) is 18.3. The van der Waals surface area contributed by atoms with Gasteiger partial charge in [-0.25, -0.2) is 13.6 Å². The molecule has 0 bridgehead atoms. The largest absolute Gasteiger partial charge is 0.481 e. The Labute approximate surface area is 172 Å². The number of benzene rings is 3. The molecule has 7 heteroatoms. The zero-order valence-corrected chi connectivity index (χ0v) is 16.3. The van der Waals surface area contributed by atoms with Gasteiger partial charge >= 0.3 is 5.97 Å². The molecule has 3 rings (SSSR count). The maximum absolute atomic E-state index is 14.0. The van der Waals surface area contributed by atoms with Crippen LogP contribution < -0.4 is 10.1 Å². The van der Waals surface area contributed by atoms with Crippen molar-refractivity contribution >= 4 is 17.6 Å². The van der Waals surface area contributed by atoms with E-state index in [0.717, 1.165) is 24.3 Å². The topological polar surface area (TPSA) is 64.6 Å². The van der Waals surface area contributed by atoms with Gasteiger partial charge in [0.25, 0.3) is 5.91 Å². The monoisotopic (exact) mass is 411 g/mol. The zero-order chi connectivity index (χ0) is 21.7. The summed E-state index contributed by atoms with van der Waals surface area (Å²) in [5.41, 5.74) is 1.20. The van der Waals surface area contributed by atoms with E-state index in [-0.39, 0.29) is 5.69 Å². The van der Waals surface area contributed by atoms with E-state index in [1.165, 1.54) is 6.92 Å². The van der Waals surface area contributed by atoms with Crippen molar-refractivity contribution < 1.29 is 27.8 Å². The number of hydrogen-bond acceptors (Lipinski definition) is 4. The number of anilines is 1. The third-order valence-corrected chi connectivity index (χ3v) is 4.36. The lowest BCUT2D eigenvalue weighted by Crippen LogP contribution is -2.30. The van der Waals surface area contributed by atoms with Crippen molar-refractivity contribution in [3.63, 3.8) is 0 Å². The van der Waals surface area contributed by atoms with Gasteiger partial charge < -0.3 is 14.8 Å². The second-order valence-corrected chi connectivity index (χ2v) is 6.44. The van der Waals surface area contributed by atoms with Gasteiger partial charge in [-0.1, -0.05) is 42.5 Å². The number of carbonyl (C=O) groups is 2. The highest BCUT2D eigenvalue weighted by Crippen LogP contribution is 2.24. The van der Waals surface area contributed by atoms with Crippen LogP contribution in [0.1, 0.15) is 17.3 Å². The molecule has 3 aromatic carbocycles. The maximum atomic E-state index is 14.0. The lowest BCUT2D eigenvalue weighted by Gasteiger charge is -2.16. The fourth-order valence-corrected chi connectivity index (χ4v) is 2.76. The van der Waals surface area contributed by atoms with Gasteiger partial charge in [0.2, 0.25) is 0 Å². The van der Waals surface area contributed by atoms with Crippen LogP contribution in [-0.2, 0) is 9.53 Å². The summed E-state index contributed by atoms with van der Waals surface area (Å²) in [4.78, 5) is 23.9. The number of amides is 1. The molecule has 0 saturated carbocycles. The predicted molar refractivity (Wildman–Crippen MR) is 108 cm³/mol. The predicted octanol–water partition coefficient (Wildman–Crippen LogP) is 4.82. The van der Waals surface area contributed by atoms with Crippen LogP contribution in [0.15, 0.2) is 66.7 Å². The smallest absolute Gasteiger partial charge is 0.340 e. The highest BCUT2D eigenvalue weighted by molar-refractivity contribution is 5.96.